The number of hydrogen-bond donors (Lipinski definition) is 1. The van der Waals surface area contributed by atoms with Gasteiger partial charge in [0.1, 0.15) is 11.8 Å². The molecule has 1 atom stereocenters. The Morgan fingerprint density at radius 2 is 1.65 bits per heavy atom. The summed E-state index contributed by atoms with van der Waals surface area (Å²) in [5.41, 5.74) is 2.81. The zero-order chi connectivity index (χ0) is 26.0. The van der Waals surface area contributed by atoms with E-state index in [1.165, 1.54) is 6.42 Å². The van der Waals surface area contributed by atoms with Crippen LogP contribution in [0.3, 0.4) is 0 Å². The van der Waals surface area contributed by atoms with Crippen LogP contribution in [0.15, 0.2) is 78.9 Å². The predicted molar refractivity (Wildman–Crippen MR) is 148 cm³/mol. The van der Waals surface area contributed by atoms with Crippen molar-refractivity contribution in [2.45, 2.75) is 64.1 Å². The molecule has 37 heavy (non-hydrogen) atoms. The zero-order valence-electron chi connectivity index (χ0n) is 21.4. The van der Waals surface area contributed by atoms with E-state index in [4.69, 9.17) is 16.3 Å². The molecule has 194 valence electrons. The second kappa shape index (κ2) is 13.3. The first-order valence-corrected chi connectivity index (χ1v) is 13.4. The Bertz CT molecular complexity index is 1180. The minimum Gasteiger partial charge on any atom is -0.484 e. The molecule has 0 saturated heterocycles. The quantitative estimate of drug-likeness (QED) is 0.352. The van der Waals surface area contributed by atoms with Crippen molar-refractivity contribution in [1.29, 1.82) is 0 Å². The van der Waals surface area contributed by atoms with Gasteiger partial charge in [-0.3, -0.25) is 9.59 Å². The maximum Gasteiger partial charge on any atom is 0.261 e. The topological polar surface area (TPSA) is 58.6 Å². The first-order valence-electron chi connectivity index (χ1n) is 13.1. The molecule has 3 aromatic rings. The number of nitrogens with one attached hydrogen (secondary N) is 1. The highest BCUT2D eigenvalue weighted by Crippen LogP contribution is 2.21. The third-order valence-electron chi connectivity index (χ3n) is 6.91. The molecule has 0 spiro atoms. The lowest BCUT2D eigenvalue weighted by Gasteiger charge is -2.33. The molecule has 1 N–H and O–H groups in total. The van der Waals surface area contributed by atoms with Gasteiger partial charge in [0.25, 0.3) is 5.91 Å². The first-order chi connectivity index (χ1) is 18.0. The molecular weight excluding hydrogens is 484 g/mol. The summed E-state index contributed by atoms with van der Waals surface area (Å²) in [7, 11) is 0. The Morgan fingerprint density at radius 1 is 0.946 bits per heavy atom. The largest absolute Gasteiger partial charge is 0.484 e. The smallest absolute Gasteiger partial charge is 0.261 e. The summed E-state index contributed by atoms with van der Waals surface area (Å²) in [6.07, 6.45) is 5.80. The molecule has 6 heteroatoms. The van der Waals surface area contributed by atoms with Crippen molar-refractivity contribution in [3.8, 4) is 5.75 Å². The number of aryl methyl sites for hydroxylation is 1. The molecular formula is C31H35ClN2O3. The Morgan fingerprint density at radius 3 is 2.38 bits per heavy atom. The van der Waals surface area contributed by atoms with Gasteiger partial charge in [-0.25, -0.2) is 0 Å². The average Bonchev–Trinajstić information content (AvgIpc) is 2.91. The van der Waals surface area contributed by atoms with Crippen LogP contribution in [0.5, 0.6) is 5.75 Å². The van der Waals surface area contributed by atoms with Crippen molar-refractivity contribution >= 4 is 23.4 Å². The number of nitrogens with zero attached hydrogens (tertiary/aromatic N) is 1. The van der Waals surface area contributed by atoms with Crippen LogP contribution in [-0.4, -0.2) is 35.4 Å². The lowest BCUT2D eigenvalue weighted by atomic mass is 9.94. The molecule has 4 rings (SSSR count). The molecule has 0 aromatic heterocycles. The van der Waals surface area contributed by atoms with Crippen LogP contribution in [0, 0.1) is 6.92 Å². The van der Waals surface area contributed by atoms with Crippen molar-refractivity contribution in [1.82, 2.24) is 10.2 Å². The number of amides is 2. The minimum atomic E-state index is -0.684. The second-order valence-electron chi connectivity index (χ2n) is 9.75. The number of halogens is 1. The molecule has 1 saturated carbocycles. The number of ether oxygens (including phenoxy) is 1. The standard InChI is InChI=1S/C31H35ClN2O3/c1-23-11-8-9-18-29(23)37-22-30(35)34(21-25-14-10-15-26(32)19-25)28(20-24-12-4-2-5-13-24)31(36)33-27-16-6-3-7-17-27/h2,4-5,8-15,18-19,27-28H,3,6-7,16-17,20-22H2,1H3,(H,33,36). The van der Waals surface area contributed by atoms with E-state index in [2.05, 4.69) is 5.32 Å². The fourth-order valence-electron chi connectivity index (χ4n) is 4.87. The molecule has 1 aliphatic carbocycles. The maximum atomic E-state index is 13.8. The molecule has 1 fully saturated rings. The maximum absolute atomic E-state index is 13.8. The predicted octanol–water partition coefficient (Wildman–Crippen LogP) is 6.12. The van der Waals surface area contributed by atoms with Crippen LogP contribution in [0.25, 0.3) is 0 Å². The lowest BCUT2D eigenvalue weighted by Crippen LogP contribution is -2.53. The summed E-state index contributed by atoms with van der Waals surface area (Å²) >= 11 is 6.26. The van der Waals surface area contributed by atoms with Gasteiger partial charge in [0, 0.05) is 24.0 Å². The molecule has 1 unspecified atom stereocenters. The summed E-state index contributed by atoms with van der Waals surface area (Å²) in [5.74, 6) is 0.287. The Balaban J connectivity index is 1.62. The van der Waals surface area contributed by atoms with Gasteiger partial charge < -0.3 is 15.0 Å². The number of carbonyl (C=O) groups is 2. The number of rotatable bonds is 10. The van der Waals surface area contributed by atoms with E-state index in [1.54, 1.807) is 11.0 Å². The Labute approximate surface area is 224 Å². The highest BCUT2D eigenvalue weighted by atomic mass is 35.5. The number of benzene rings is 3. The van der Waals surface area contributed by atoms with Crippen LogP contribution in [0.4, 0.5) is 0 Å². The first kappa shape index (κ1) is 26.7. The van der Waals surface area contributed by atoms with E-state index < -0.39 is 6.04 Å². The number of para-hydroxylation sites is 1. The van der Waals surface area contributed by atoms with Gasteiger partial charge in [-0.2, -0.15) is 0 Å². The fourth-order valence-corrected chi connectivity index (χ4v) is 5.08. The number of hydrogen-bond acceptors (Lipinski definition) is 3. The summed E-state index contributed by atoms with van der Waals surface area (Å²) in [4.78, 5) is 29.2. The zero-order valence-corrected chi connectivity index (χ0v) is 22.1. The van der Waals surface area contributed by atoms with Gasteiger partial charge >= 0.3 is 0 Å². The van der Waals surface area contributed by atoms with Crippen molar-refractivity contribution in [2.75, 3.05) is 6.61 Å². The molecule has 3 aromatic carbocycles. The molecule has 2 amide bonds. The molecule has 0 bridgehead atoms. The van der Waals surface area contributed by atoms with Crippen LogP contribution >= 0.6 is 11.6 Å². The minimum absolute atomic E-state index is 0.123. The summed E-state index contributed by atoms with van der Waals surface area (Å²) in [5, 5.41) is 3.85. The van der Waals surface area contributed by atoms with Crippen LogP contribution in [0.2, 0.25) is 5.02 Å². The lowest BCUT2D eigenvalue weighted by molar-refractivity contribution is -0.143. The molecule has 5 nitrogen and oxygen atoms in total. The summed E-state index contributed by atoms with van der Waals surface area (Å²) in [6.45, 7) is 2.04. The second-order valence-corrected chi connectivity index (χ2v) is 10.2. The SMILES string of the molecule is Cc1ccccc1OCC(=O)N(Cc1cccc(Cl)c1)C(Cc1ccccc1)C(=O)NC1CCCCC1. The Kier molecular flexibility index (Phi) is 9.61. The van der Waals surface area contributed by atoms with Crippen molar-refractivity contribution in [2.24, 2.45) is 0 Å². The van der Waals surface area contributed by atoms with Gasteiger partial charge in [-0.15, -0.1) is 0 Å². The summed E-state index contributed by atoms with van der Waals surface area (Å²) in [6, 6.07) is 24.3. The third kappa shape index (κ3) is 7.83. The average molecular weight is 519 g/mol. The highest BCUT2D eigenvalue weighted by molar-refractivity contribution is 6.30. The molecule has 0 heterocycles. The van der Waals surface area contributed by atoms with E-state index in [-0.39, 0.29) is 31.0 Å². The van der Waals surface area contributed by atoms with Gasteiger partial charge in [0.15, 0.2) is 6.61 Å². The molecule has 0 aliphatic heterocycles. The molecule has 1 aliphatic rings. The van der Waals surface area contributed by atoms with Crippen LogP contribution < -0.4 is 10.1 Å². The van der Waals surface area contributed by atoms with Crippen LogP contribution in [-0.2, 0) is 22.6 Å². The van der Waals surface area contributed by atoms with Crippen molar-refractivity contribution in [3.05, 3.63) is 101 Å². The third-order valence-corrected chi connectivity index (χ3v) is 7.14. The van der Waals surface area contributed by atoms with E-state index in [0.29, 0.717) is 17.2 Å². The number of carbonyl (C=O) groups excluding carboxylic acids is 2. The van der Waals surface area contributed by atoms with Gasteiger partial charge in [-0.05, 0) is 54.7 Å². The normalized spacial score (nSPS) is 14.5. The van der Waals surface area contributed by atoms with Crippen molar-refractivity contribution in [3.63, 3.8) is 0 Å². The summed E-state index contributed by atoms with van der Waals surface area (Å²) < 4.78 is 5.92. The van der Waals surface area contributed by atoms with E-state index >= 15 is 0 Å². The van der Waals surface area contributed by atoms with E-state index in [9.17, 15) is 9.59 Å². The van der Waals surface area contributed by atoms with E-state index in [0.717, 1.165) is 42.4 Å². The molecule has 0 radical (unpaired) electrons. The van der Waals surface area contributed by atoms with Crippen molar-refractivity contribution < 1.29 is 14.3 Å². The monoisotopic (exact) mass is 518 g/mol. The fraction of sp³-hybridized carbons (Fsp3) is 0.355. The highest BCUT2D eigenvalue weighted by Gasteiger charge is 2.32. The van der Waals surface area contributed by atoms with Gasteiger partial charge in [-0.1, -0.05) is 91.5 Å². The van der Waals surface area contributed by atoms with Gasteiger partial charge in [0.05, 0.1) is 0 Å². The van der Waals surface area contributed by atoms with Gasteiger partial charge in [0.2, 0.25) is 5.91 Å². The van der Waals surface area contributed by atoms with E-state index in [1.807, 2.05) is 79.7 Å². The van der Waals surface area contributed by atoms with Crippen LogP contribution in [0.1, 0.15) is 48.8 Å². The Hall–Kier alpha value is -3.31.